The minimum atomic E-state index is 1.07. The number of aryl methyl sites for hydroxylation is 2. The Kier molecular flexibility index (Phi) is 3.36. The summed E-state index contributed by atoms with van der Waals surface area (Å²) in [4.78, 5) is 4.78. The smallest absolute Gasteiger partial charge is 0.0780 e. The van der Waals surface area contributed by atoms with Crippen molar-refractivity contribution in [2.45, 2.75) is 12.8 Å². The minimum absolute atomic E-state index is 1.07. The van der Waals surface area contributed by atoms with Crippen molar-refractivity contribution >= 4 is 21.5 Å². The molecule has 1 nitrogen and oxygen atoms in total. The second-order valence-corrected chi connectivity index (χ2v) is 7.57. The third-order valence-corrected chi connectivity index (χ3v) is 6.02. The largest absolute Gasteiger partial charge is 0.256 e. The molecule has 1 aromatic heterocycles. The molecule has 132 valence electrons. The van der Waals surface area contributed by atoms with Gasteiger partial charge in [-0.2, -0.15) is 0 Å². The monoisotopic (exact) mass is 357 g/mol. The molecular formula is C27H19N. The standard InChI is InChI=1S/C27H19N/c1-3-7-22-18(5-1)9-10-20-17-21(12-13-24(20)22)27-26-14-11-19-6-2-4-8-23(19)25(26)15-16-28-27/h1-8,11-17H,9-10H2. The van der Waals surface area contributed by atoms with Gasteiger partial charge in [0.25, 0.3) is 0 Å². The fraction of sp³-hybridized carbons (Fsp3) is 0.0741. The molecule has 0 unspecified atom stereocenters. The summed E-state index contributed by atoms with van der Waals surface area (Å²) in [5, 5.41) is 5.05. The number of nitrogens with zero attached hydrogens (tertiary/aromatic N) is 1. The van der Waals surface area contributed by atoms with Crippen molar-refractivity contribution in [1.82, 2.24) is 4.98 Å². The summed E-state index contributed by atoms with van der Waals surface area (Å²) >= 11 is 0. The van der Waals surface area contributed by atoms with E-state index in [-0.39, 0.29) is 0 Å². The molecule has 0 saturated carbocycles. The Hall–Kier alpha value is -3.45. The molecule has 1 aliphatic carbocycles. The van der Waals surface area contributed by atoms with E-state index < -0.39 is 0 Å². The first kappa shape index (κ1) is 15.6. The van der Waals surface area contributed by atoms with Crippen LogP contribution in [0.2, 0.25) is 0 Å². The van der Waals surface area contributed by atoms with E-state index in [9.17, 15) is 0 Å². The van der Waals surface area contributed by atoms with Crippen molar-refractivity contribution < 1.29 is 0 Å². The maximum Gasteiger partial charge on any atom is 0.0780 e. The van der Waals surface area contributed by atoms with Crippen LogP contribution in [-0.4, -0.2) is 4.98 Å². The van der Waals surface area contributed by atoms with Gasteiger partial charge >= 0.3 is 0 Å². The molecule has 0 amide bonds. The molecule has 1 aliphatic rings. The van der Waals surface area contributed by atoms with Crippen LogP contribution in [0.5, 0.6) is 0 Å². The van der Waals surface area contributed by atoms with Gasteiger partial charge in [-0.3, -0.25) is 4.98 Å². The predicted octanol–water partition coefficient (Wildman–Crippen LogP) is 6.82. The number of aromatic nitrogens is 1. The van der Waals surface area contributed by atoms with Gasteiger partial charge in [0, 0.05) is 17.1 Å². The molecule has 0 N–H and O–H groups in total. The highest BCUT2D eigenvalue weighted by Crippen LogP contribution is 2.37. The Morgan fingerprint density at radius 2 is 1.39 bits per heavy atom. The van der Waals surface area contributed by atoms with Gasteiger partial charge in [-0.05, 0) is 63.4 Å². The number of hydrogen-bond acceptors (Lipinski definition) is 1. The Morgan fingerprint density at radius 3 is 2.39 bits per heavy atom. The Balaban J connectivity index is 1.56. The first-order valence-electron chi connectivity index (χ1n) is 9.86. The lowest BCUT2D eigenvalue weighted by molar-refractivity contribution is 0.942. The van der Waals surface area contributed by atoms with E-state index >= 15 is 0 Å². The first-order chi connectivity index (χ1) is 13.9. The van der Waals surface area contributed by atoms with Crippen LogP contribution in [0.15, 0.2) is 91.1 Å². The van der Waals surface area contributed by atoms with Crippen LogP contribution in [0.25, 0.3) is 43.9 Å². The molecule has 0 saturated heterocycles. The number of pyridine rings is 1. The second-order valence-electron chi connectivity index (χ2n) is 7.57. The zero-order chi connectivity index (χ0) is 18.5. The highest BCUT2D eigenvalue weighted by Gasteiger charge is 2.17. The molecule has 0 radical (unpaired) electrons. The van der Waals surface area contributed by atoms with E-state index in [1.807, 2.05) is 6.20 Å². The van der Waals surface area contributed by atoms with E-state index in [0.717, 1.165) is 18.5 Å². The average Bonchev–Trinajstić information content (AvgIpc) is 2.78. The van der Waals surface area contributed by atoms with Crippen LogP contribution in [0, 0.1) is 0 Å². The zero-order valence-corrected chi connectivity index (χ0v) is 15.5. The van der Waals surface area contributed by atoms with E-state index in [1.54, 1.807) is 0 Å². The summed E-state index contributed by atoms with van der Waals surface area (Å²) in [6.07, 6.45) is 4.15. The maximum atomic E-state index is 4.78. The van der Waals surface area contributed by atoms with Crippen LogP contribution in [0.1, 0.15) is 11.1 Å². The first-order valence-corrected chi connectivity index (χ1v) is 9.86. The number of fused-ring (bicyclic) bond motifs is 6. The lowest BCUT2D eigenvalue weighted by Crippen LogP contribution is -2.04. The lowest BCUT2D eigenvalue weighted by Gasteiger charge is -2.20. The summed E-state index contributed by atoms with van der Waals surface area (Å²) < 4.78 is 0. The Labute approximate surface area is 164 Å². The summed E-state index contributed by atoms with van der Waals surface area (Å²) in [7, 11) is 0. The number of rotatable bonds is 1. The molecule has 1 heteroatoms. The van der Waals surface area contributed by atoms with Crippen molar-refractivity contribution in [2.24, 2.45) is 0 Å². The molecule has 28 heavy (non-hydrogen) atoms. The summed E-state index contributed by atoms with van der Waals surface area (Å²) in [6, 6.07) is 30.8. The number of benzene rings is 4. The summed E-state index contributed by atoms with van der Waals surface area (Å²) in [5.41, 5.74) is 7.92. The van der Waals surface area contributed by atoms with Gasteiger partial charge < -0.3 is 0 Å². The van der Waals surface area contributed by atoms with Crippen LogP contribution >= 0.6 is 0 Å². The van der Waals surface area contributed by atoms with Gasteiger partial charge in [0.1, 0.15) is 0 Å². The van der Waals surface area contributed by atoms with Crippen molar-refractivity contribution in [1.29, 1.82) is 0 Å². The van der Waals surface area contributed by atoms with Crippen molar-refractivity contribution in [2.75, 3.05) is 0 Å². The highest BCUT2D eigenvalue weighted by atomic mass is 14.7. The predicted molar refractivity (Wildman–Crippen MR) is 118 cm³/mol. The Morgan fingerprint density at radius 1 is 0.571 bits per heavy atom. The van der Waals surface area contributed by atoms with Gasteiger partial charge in [-0.25, -0.2) is 0 Å². The van der Waals surface area contributed by atoms with Crippen molar-refractivity contribution in [3.63, 3.8) is 0 Å². The molecule has 0 atom stereocenters. The van der Waals surface area contributed by atoms with Crippen LogP contribution in [0.3, 0.4) is 0 Å². The lowest BCUT2D eigenvalue weighted by atomic mass is 9.84. The summed E-state index contributed by atoms with van der Waals surface area (Å²) in [6.45, 7) is 0. The fourth-order valence-electron chi connectivity index (χ4n) is 4.65. The topological polar surface area (TPSA) is 12.9 Å². The normalized spacial score (nSPS) is 12.7. The van der Waals surface area contributed by atoms with Crippen molar-refractivity contribution in [3.05, 3.63) is 102 Å². The van der Waals surface area contributed by atoms with Gasteiger partial charge in [0.15, 0.2) is 0 Å². The van der Waals surface area contributed by atoms with E-state index in [2.05, 4.69) is 84.9 Å². The minimum Gasteiger partial charge on any atom is -0.256 e. The molecule has 0 fully saturated rings. The highest BCUT2D eigenvalue weighted by molar-refractivity contribution is 6.11. The SMILES string of the molecule is c1ccc2c(c1)CCc1cc(-c3nccc4c3ccc3ccccc34)ccc1-2. The molecule has 5 aromatic rings. The molecule has 1 heterocycles. The second kappa shape index (κ2) is 6.03. The maximum absolute atomic E-state index is 4.78. The van der Waals surface area contributed by atoms with Crippen molar-refractivity contribution in [3.8, 4) is 22.4 Å². The molecule has 4 aromatic carbocycles. The number of hydrogen-bond donors (Lipinski definition) is 0. The molecular weight excluding hydrogens is 338 g/mol. The fourth-order valence-corrected chi connectivity index (χ4v) is 4.65. The zero-order valence-electron chi connectivity index (χ0n) is 15.5. The van der Waals surface area contributed by atoms with Crippen LogP contribution in [0.4, 0.5) is 0 Å². The molecule has 0 spiro atoms. The van der Waals surface area contributed by atoms with Gasteiger partial charge in [0.2, 0.25) is 0 Å². The van der Waals surface area contributed by atoms with E-state index in [0.29, 0.717) is 0 Å². The average molecular weight is 357 g/mol. The molecule has 6 rings (SSSR count). The Bertz CT molecular complexity index is 1360. The third kappa shape index (κ3) is 2.30. The quantitative estimate of drug-likeness (QED) is 0.300. The van der Waals surface area contributed by atoms with Crippen LogP contribution < -0.4 is 0 Å². The van der Waals surface area contributed by atoms with Gasteiger partial charge in [0.05, 0.1) is 5.69 Å². The van der Waals surface area contributed by atoms with E-state index in [4.69, 9.17) is 4.98 Å². The van der Waals surface area contributed by atoms with E-state index in [1.165, 1.54) is 49.4 Å². The molecule has 0 aliphatic heterocycles. The third-order valence-electron chi connectivity index (χ3n) is 6.02. The van der Waals surface area contributed by atoms with Gasteiger partial charge in [-0.15, -0.1) is 0 Å². The molecule has 0 bridgehead atoms. The summed E-state index contributed by atoms with van der Waals surface area (Å²) in [5.74, 6) is 0. The van der Waals surface area contributed by atoms with Crippen LogP contribution in [-0.2, 0) is 12.8 Å². The van der Waals surface area contributed by atoms with Gasteiger partial charge in [-0.1, -0.05) is 72.8 Å².